The van der Waals surface area contributed by atoms with Crippen LogP contribution in [0.15, 0.2) is 24.5 Å². The van der Waals surface area contributed by atoms with Crippen molar-refractivity contribution < 1.29 is 14.7 Å². The number of hydrogen-bond acceptors (Lipinski definition) is 3. The minimum absolute atomic E-state index is 0.0483. The molecule has 2 rings (SSSR count). The maximum absolute atomic E-state index is 12.0. The molecular formula is C12H9Cl2N3O3. The van der Waals surface area contributed by atoms with Gasteiger partial charge in [-0.2, -0.15) is 5.10 Å². The Kier molecular flexibility index (Phi) is 3.96. The predicted octanol–water partition coefficient (Wildman–Crippen LogP) is 2.68. The molecule has 104 valence electrons. The summed E-state index contributed by atoms with van der Waals surface area (Å²) in [6.45, 7) is 0. The zero-order valence-corrected chi connectivity index (χ0v) is 11.7. The fourth-order valence-electron chi connectivity index (χ4n) is 1.54. The number of carbonyl (C=O) groups excluding carboxylic acids is 1. The summed E-state index contributed by atoms with van der Waals surface area (Å²) in [5.41, 5.74) is 0.438. The summed E-state index contributed by atoms with van der Waals surface area (Å²) in [6, 6.07) is 2.43. The van der Waals surface area contributed by atoms with Crippen molar-refractivity contribution in [3.05, 3.63) is 45.7 Å². The number of nitrogens with one attached hydrogen (secondary N) is 1. The van der Waals surface area contributed by atoms with Crippen molar-refractivity contribution >= 4 is 40.8 Å². The first kappa shape index (κ1) is 14.4. The van der Waals surface area contributed by atoms with Crippen molar-refractivity contribution in [1.29, 1.82) is 0 Å². The van der Waals surface area contributed by atoms with E-state index in [-0.39, 0.29) is 21.3 Å². The monoisotopic (exact) mass is 313 g/mol. The summed E-state index contributed by atoms with van der Waals surface area (Å²) in [6.07, 6.45) is 2.92. The molecular weight excluding hydrogens is 305 g/mol. The number of amides is 1. The van der Waals surface area contributed by atoms with Gasteiger partial charge in [-0.15, -0.1) is 0 Å². The lowest BCUT2D eigenvalue weighted by Gasteiger charge is -2.09. The van der Waals surface area contributed by atoms with Crippen LogP contribution >= 0.6 is 23.2 Å². The molecule has 0 spiro atoms. The molecule has 2 N–H and O–H groups in total. The molecule has 6 nitrogen and oxygen atoms in total. The van der Waals surface area contributed by atoms with Crippen molar-refractivity contribution in [3.63, 3.8) is 0 Å². The van der Waals surface area contributed by atoms with Crippen molar-refractivity contribution in [2.45, 2.75) is 0 Å². The molecule has 20 heavy (non-hydrogen) atoms. The third-order valence-electron chi connectivity index (χ3n) is 2.49. The number of anilines is 1. The van der Waals surface area contributed by atoms with E-state index < -0.39 is 11.9 Å². The highest BCUT2D eigenvalue weighted by molar-refractivity contribution is 6.40. The average Bonchev–Trinajstić information content (AvgIpc) is 2.80. The molecule has 1 aromatic carbocycles. The Morgan fingerprint density at radius 1 is 1.25 bits per heavy atom. The summed E-state index contributed by atoms with van der Waals surface area (Å²) < 4.78 is 1.48. The van der Waals surface area contributed by atoms with Crippen LogP contribution < -0.4 is 5.32 Å². The third-order valence-corrected chi connectivity index (χ3v) is 3.09. The average molecular weight is 314 g/mol. The quantitative estimate of drug-likeness (QED) is 0.912. The first-order chi connectivity index (χ1) is 9.38. The van der Waals surface area contributed by atoms with Gasteiger partial charge in [0.25, 0.3) is 5.91 Å². The van der Waals surface area contributed by atoms with Crippen molar-refractivity contribution in [3.8, 4) is 0 Å². The fraction of sp³-hybridized carbons (Fsp3) is 0.0833. The summed E-state index contributed by atoms with van der Waals surface area (Å²) in [5, 5.41) is 15.4. The van der Waals surface area contributed by atoms with Gasteiger partial charge in [0.15, 0.2) is 0 Å². The largest absolute Gasteiger partial charge is 0.478 e. The van der Waals surface area contributed by atoms with E-state index in [9.17, 15) is 9.59 Å². The normalized spacial score (nSPS) is 10.3. The molecule has 0 bridgehead atoms. The van der Waals surface area contributed by atoms with Crippen molar-refractivity contribution in [2.75, 3.05) is 5.32 Å². The van der Waals surface area contributed by atoms with Gasteiger partial charge in [-0.05, 0) is 12.1 Å². The first-order valence-electron chi connectivity index (χ1n) is 5.41. The van der Waals surface area contributed by atoms with E-state index in [1.54, 1.807) is 7.05 Å². The van der Waals surface area contributed by atoms with Crippen LogP contribution in [0.4, 0.5) is 5.69 Å². The summed E-state index contributed by atoms with van der Waals surface area (Å²) in [4.78, 5) is 22.8. The molecule has 0 atom stereocenters. The van der Waals surface area contributed by atoms with Crippen molar-refractivity contribution in [2.24, 2.45) is 7.05 Å². The maximum atomic E-state index is 12.0. The smallest absolute Gasteiger partial charge is 0.335 e. The van der Waals surface area contributed by atoms with Gasteiger partial charge in [0.2, 0.25) is 0 Å². The standard InChI is InChI=1S/C12H9Cl2N3O3/c1-17-5-7(4-15-17)11(18)16-10-8(13)2-6(12(19)20)3-9(10)14/h2-5H,1H3,(H,16,18)(H,19,20). The molecule has 1 heterocycles. The number of rotatable bonds is 3. The number of hydrogen-bond donors (Lipinski definition) is 2. The Bertz CT molecular complexity index is 674. The van der Waals surface area contributed by atoms with Crippen LogP contribution in [-0.2, 0) is 7.05 Å². The Hall–Kier alpha value is -2.05. The molecule has 0 unspecified atom stereocenters. The fourth-order valence-corrected chi connectivity index (χ4v) is 2.12. The molecule has 2 aromatic rings. The Labute approximate surface area is 123 Å². The second kappa shape index (κ2) is 5.52. The van der Waals surface area contributed by atoms with Crippen LogP contribution in [0.1, 0.15) is 20.7 Å². The second-order valence-corrected chi connectivity index (χ2v) is 4.79. The highest BCUT2D eigenvalue weighted by Crippen LogP contribution is 2.32. The van der Waals surface area contributed by atoms with Gasteiger partial charge in [-0.25, -0.2) is 4.79 Å². The zero-order valence-electron chi connectivity index (χ0n) is 10.2. The van der Waals surface area contributed by atoms with E-state index in [1.807, 2.05) is 0 Å². The molecule has 0 fully saturated rings. The number of carboxylic acid groups (broad SMARTS) is 1. The number of carboxylic acids is 1. The van der Waals surface area contributed by atoms with E-state index in [0.717, 1.165) is 0 Å². The van der Waals surface area contributed by atoms with Crippen LogP contribution in [0, 0.1) is 0 Å². The van der Waals surface area contributed by atoms with Crippen LogP contribution in [0.3, 0.4) is 0 Å². The maximum Gasteiger partial charge on any atom is 0.335 e. The van der Waals surface area contributed by atoms with Gasteiger partial charge in [0.05, 0.1) is 33.1 Å². The Balaban J connectivity index is 2.30. The lowest BCUT2D eigenvalue weighted by molar-refractivity contribution is 0.0696. The Morgan fingerprint density at radius 3 is 2.30 bits per heavy atom. The summed E-state index contributed by atoms with van der Waals surface area (Å²) in [7, 11) is 1.68. The number of benzene rings is 1. The highest BCUT2D eigenvalue weighted by Gasteiger charge is 2.16. The van der Waals surface area contributed by atoms with E-state index in [0.29, 0.717) is 5.56 Å². The molecule has 0 aliphatic rings. The summed E-state index contributed by atoms with van der Waals surface area (Å²) in [5.74, 6) is -1.59. The lowest BCUT2D eigenvalue weighted by Crippen LogP contribution is -2.12. The molecule has 0 saturated carbocycles. The van der Waals surface area contributed by atoms with Crippen molar-refractivity contribution in [1.82, 2.24) is 9.78 Å². The number of aromatic carboxylic acids is 1. The Morgan fingerprint density at radius 2 is 1.85 bits per heavy atom. The lowest BCUT2D eigenvalue weighted by atomic mass is 10.2. The van der Waals surface area contributed by atoms with E-state index >= 15 is 0 Å². The third kappa shape index (κ3) is 2.92. The minimum atomic E-state index is -1.15. The first-order valence-corrected chi connectivity index (χ1v) is 6.16. The molecule has 0 radical (unpaired) electrons. The van der Waals surface area contributed by atoms with Gasteiger partial charge in [0, 0.05) is 13.2 Å². The van der Waals surface area contributed by atoms with Gasteiger partial charge in [-0.1, -0.05) is 23.2 Å². The number of halogens is 2. The van der Waals surface area contributed by atoms with Gasteiger partial charge < -0.3 is 10.4 Å². The topological polar surface area (TPSA) is 84.2 Å². The number of nitrogens with zero attached hydrogens (tertiary/aromatic N) is 2. The van der Waals surface area contributed by atoms with Gasteiger partial charge >= 0.3 is 5.97 Å². The zero-order chi connectivity index (χ0) is 14.9. The van der Waals surface area contributed by atoms with Crippen LogP contribution in [0.5, 0.6) is 0 Å². The molecule has 0 aliphatic carbocycles. The van der Waals surface area contributed by atoms with Gasteiger partial charge in [-0.3, -0.25) is 9.48 Å². The molecule has 1 aromatic heterocycles. The summed E-state index contributed by atoms with van der Waals surface area (Å²) >= 11 is 11.9. The second-order valence-electron chi connectivity index (χ2n) is 3.98. The molecule has 1 amide bonds. The SMILES string of the molecule is Cn1cc(C(=O)Nc2c(Cl)cc(C(=O)O)cc2Cl)cn1. The van der Waals surface area contributed by atoms with Crippen LogP contribution in [0.25, 0.3) is 0 Å². The molecule has 0 saturated heterocycles. The predicted molar refractivity (Wildman–Crippen MR) is 74.6 cm³/mol. The highest BCUT2D eigenvalue weighted by atomic mass is 35.5. The minimum Gasteiger partial charge on any atom is -0.478 e. The number of aryl methyl sites for hydroxylation is 1. The molecule has 8 heteroatoms. The molecule has 0 aliphatic heterocycles. The van der Waals surface area contributed by atoms with E-state index in [2.05, 4.69) is 10.4 Å². The van der Waals surface area contributed by atoms with Gasteiger partial charge in [0.1, 0.15) is 0 Å². The number of aromatic nitrogens is 2. The van der Waals surface area contributed by atoms with Crippen LogP contribution in [-0.4, -0.2) is 26.8 Å². The van der Waals surface area contributed by atoms with E-state index in [1.165, 1.54) is 29.2 Å². The van der Waals surface area contributed by atoms with E-state index in [4.69, 9.17) is 28.3 Å². The van der Waals surface area contributed by atoms with Crippen LogP contribution in [0.2, 0.25) is 10.0 Å². The number of carbonyl (C=O) groups is 2.